The molecule has 0 aliphatic carbocycles. The first-order valence-electron chi connectivity index (χ1n) is 9.74. The van der Waals surface area contributed by atoms with Gasteiger partial charge in [-0.1, -0.05) is 24.3 Å². The maximum Gasteiger partial charge on any atom is 0.293 e. The van der Waals surface area contributed by atoms with Crippen molar-refractivity contribution in [3.63, 3.8) is 0 Å². The topological polar surface area (TPSA) is 56.7 Å². The molecule has 192 valence electrons. The molecule has 0 N–H and O–H groups in total. The molecule has 0 saturated carbocycles. The molecule has 3 heterocycles. The molecule has 0 aliphatic heterocycles. The fourth-order valence-electron chi connectivity index (χ4n) is 2.50. The Labute approximate surface area is 217 Å². The summed E-state index contributed by atoms with van der Waals surface area (Å²) in [6.07, 6.45) is 3.12. The predicted octanol–water partition coefficient (Wildman–Crippen LogP) is 8.49. The largest absolute Gasteiger partial charge is 0.431 e. The molecule has 0 aliphatic rings. The number of para-hydroxylation sites is 3. The predicted molar refractivity (Wildman–Crippen MR) is 132 cm³/mol. The van der Waals surface area contributed by atoms with E-state index < -0.39 is 17.3 Å². The van der Waals surface area contributed by atoms with Gasteiger partial charge in [0.15, 0.2) is 15.1 Å². The first-order valence-corrected chi connectivity index (χ1v) is 13.2. The number of hydrogen-bond acceptors (Lipinski definition) is 8. The summed E-state index contributed by atoms with van der Waals surface area (Å²) in [4.78, 5) is 11.6. The van der Waals surface area contributed by atoms with Crippen LogP contribution in [0, 0.1) is 0 Å². The van der Waals surface area contributed by atoms with Crippen LogP contribution in [0.3, 0.4) is 0 Å². The van der Waals surface area contributed by atoms with E-state index in [0.717, 1.165) is 10.2 Å². The summed E-state index contributed by atoms with van der Waals surface area (Å²) in [5, 5.41) is 0.353. The number of benzene rings is 2. The molecule has 5 rings (SSSR count). The van der Waals surface area contributed by atoms with Crippen LogP contribution in [0.4, 0.5) is 26.3 Å². The van der Waals surface area contributed by atoms with E-state index in [4.69, 9.17) is 4.42 Å². The number of fused-ring (bicyclic) bond motifs is 2. The molecule has 5 nitrogen and oxygen atoms in total. The number of thiazole rings is 1. The Bertz CT molecular complexity index is 1210. The van der Waals surface area contributed by atoms with Crippen molar-refractivity contribution in [3.8, 4) is 0 Å². The highest BCUT2D eigenvalue weighted by Gasteiger charge is 2.12. The summed E-state index contributed by atoms with van der Waals surface area (Å²) in [5.74, 6) is -7.27. The minimum absolute atomic E-state index is 0.0104. The number of imidazole rings is 1. The van der Waals surface area contributed by atoms with Gasteiger partial charge in [0, 0.05) is 31.2 Å². The lowest BCUT2D eigenvalue weighted by atomic mass is 10.3. The Morgan fingerprint density at radius 2 is 1.44 bits per heavy atom. The Morgan fingerprint density at radius 1 is 0.806 bits per heavy atom. The van der Waals surface area contributed by atoms with Gasteiger partial charge in [0.1, 0.15) is 5.52 Å². The fourth-order valence-corrected chi connectivity index (χ4v) is 5.13. The number of halogens is 6. The number of aromatic nitrogens is 4. The first-order chi connectivity index (χ1) is 17.2. The van der Waals surface area contributed by atoms with E-state index in [0.29, 0.717) is 55.9 Å². The standard InChI is InChI=1S/C8H5F2NOS.C8H5F2NS2.C5H6F2N2S/c2*9-7(10)13-8-11-5-3-1-2-4-6(5)12-8;1-9-3-2-8-5(9)10-4(6)7/h2*1-4,7H;2-4H,1H3. The number of aryl methyl sites for hydroxylation is 1. The van der Waals surface area contributed by atoms with Crippen LogP contribution in [0.5, 0.6) is 0 Å². The molecule has 0 spiro atoms. The average molecular weight is 583 g/mol. The van der Waals surface area contributed by atoms with Gasteiger partial charge in [-0.05, 0) is 47.8 Å². The zero-order chi connectivity index (χ0) is 26.1. The van der Waals surface area contributed by atoms with E-state index in [1.807, 2.05) is 24.3 Å². The van der Waals surface area contributed by atoms with Crippen molar-refractivity contribution in [3.05, 3.63) is 60.9 Å². The molecule has 0 fully saturated rings. The molecule has 0 saturated heterocycles. The van der Waals surface area contributed by atoms with E-state index in [9.17, 15) is 26.3 Å². The van der Waals surface area contributed by atoms with Crippen molar-refractivity contribution >= 4 is 67.9 Å². The van der Waals surface area contributed by atoms with Gasteiger partial charge in [-0.2, -0.15) is 26.3 Å². The molecule has 0 amide bonds. The second kappa shape index (κ2) is 13.8. The van der Waals surface area contributed by atoms with Gasteiger partial charge < -0.3 is 8.98 Å². The minimum atomic E-state index is -2.49. The third kappa shape index (κ3) is 8.94. The van der Waals surface area contributed by atoms with Crippen molar-refractivity contribution in [2.45, 2.75) is 32.0 Å². The Hall–Kier alpha value is -2.36. The quantitative estimate of drug-likeness (QED) is 0.147. The Kier molecular flexibility index (Phi) is 10.8. The number of alkyl halides is 6. The highest BCUT2D eigenvalue weighted by atomic mass is 32.2. The lowest BCUT2D eigenvalue weighted by Crippen LogP contribution is -1.91. The summed E-state index contributed by atoms with van der Waals surface area (Å²) in [6, 6.07) is 14.4. The Balaban J connectivity index is 0.000000152. The normalized spacial score (nSPS) is 11.2. The molecule has 2 aromatic carbocycles. The molecule has 0 unspecified atom stereocenters. The van der Waals surface area contributed by atoms with Gasteiger partial charge in [-0.25, -0.2) is 15.0 Å². The van der Waals surface area contributed by atoms with E-state index in [2.05, 4.69) is 15.0 Å². The van der Waals surface area contributed by atoms with E-state index in [1.165, 1.54) is 17.5 Å². The third-order valence-electron chi connectivity index (χ3n) is 3.90. The molecule has 0 radical (unpaired) electrons. The molecular formula is C21H16F6N4OS4. The lowest BCUT2D eigenvalue weighted by Gasteiger charge is -1.97. The number of oxazole rings is 1. The summed E-state index contributed by atoms with van der Waals surface area (Å²) in [5.41, 5.74) is 1.92. The fraction of sp³-hybridized carbons (Fsp3) is 0.190. The van der Waals surface area contributed by atoms with Gasteiger partial charge in [0.2, 0.25) is 0 Å². The van der Waals surface area contributed by atoms with E-state index in [-0.39, 0.29) is 5.22 Å². The van der Waals surface area contributed by atoms with Gasteiger partial charge in [-0.15, -0.1) is 11.3 Å². The van der Waals surface area contributed by atoms with Crippen molar-refractivity contribution < 1.29 is 30.8 Å². The molecule has 36 heavy (non-hydrogen) atoms. The lowest BCUT2D eigenvalue weighted by molar-refractivity contribution is 0.249. The number of rotatable bonds is 6. The highest BCUT2D eigenvalue weighted by Crippen LogP contribution is 2.32. The summed E-state index contributed by atoms with van der Waals surface area (Å²) in [7, 11) is 1.68. The molecule has 0 bridgehead atoms. The monoisotopic (exact) mass is 582 g/mol. The van der Waals surface area contributed by atoms with Crippen LogP contribution in [0.25, 0.3) is 21.3 Å². The zero-order valence-corrected chi connectivity index (χ0v) is 21.4. The van der Waals surface area contributed by atoms with Crippen LogP contribution >= 0.6 is 46.6 Å². The molecule has 0 atom stereocenters. The van der Waals surface area contributed by atoms with Crippen molar-refractivity contribution in [1.29, 1.82) is 0 Å². The summed E-state index contributed by atoms with van der Waals surface area (Å²) < 4.78 is 79.1. The Morgan fingerprint density at radius 3 is 2.03 bits per heavy atom. The van der Waals surface area contributed by atoms with E-state index in [1.54, 1.807) is 42.1 Å². The smallest absolute Gasteiger partial charge is 0.293 e. The highest BCUT2D eigenvalue weighted by molar-refractivity contribution is 8.01. The average Bonchev–Trinajstić information content (AvgIpc) is 3.51. The van der Waals surface area contributed by atoms with Gasteiger partial charge in [-0.3, -0.25) is 0 Å². The maximum absolute atomic E-state index is 12.0. The van der Waals surface area contributed by atoms with Crippen LogP contribution in [-0.2, 0) is 7.05 Å². The van der Waals surface area contributed by atoms with Crippen LogP contribution in [0.2, 0.25) is 0 Å². The van der Waals surface area contributed by atoms with Crippen LogP contribution < -0.4 is 0 Å². The third-order valence-corrected chi connectivity index (χ3v) is 7.08. The minimum Gasteiger partial charge on any atom is -0.431 e. The van der Waals surface area contributed by atoms with Crippen molar-refractivity contribution in [2.75, 3.05) is 0 Å². The van der Waals surface area contributed by atoms with Gasteiger partial charge >= 0.3 is 0 Å². The van der Waals surface area contributed by atoms with Crippen LogP contribution in [-0.4, -0.2) is 36.8 Å². The molecule has 3 aromatic heterocycles. The summed E-state index contributed by atoms with van der Waals surface area (Å²) in [6.45, 7) is 0. The van der Waals surface area contributed by atoms with Crippen LogP contribution in [0.15, 0.2) is 80.1 Å². The number of hydrogen-bond donors (Lipinski definition) is 0. The van der Waals surface area contributed by atoms with Crippen molar-refractivity contribution in [1.82, 2.24) is 19.5 Å². The second-order valence-corrected chi connectivity index (χ2v) is 10.5. The maximum atomic E-state index is 12.0. The summed E-state index contributed by atoms with van der Waals surface area (Å²) >= 11 is 2.56. The molecular weight excluding hydrogens is 567 g/mol. The van der Waals surface area contributed by atoms with Gasteiger partial charge in [0.25, 0.3) is 22.5 Å². The first kappa shape index (κ1) is 28.2. The van der Waals surface area contributed by atoms with Crippen molar-refractivity contribution in [2.24, 2.45) is 7.05 Å². The molecule has 5 aromatic rings. The van der Waals surface area contributed by atoms with E-state index >= 15 is 0 Å². The SMILES string of the molecule is Cn1ccnc1SC(F)F.FC(F)Sc1nc2ccccc2o1.FC(F)Sc1nc2ccccc2s1. The second-order valence-electron chi connectivity index (χ2n) is 6.35. The number of thioether (sulfide) groups is 3. The van der Waals surface area contributed by atoms with Gasteiger partial charge in [0.05, 0.1) is 10.2 Å². The number of nitrogens with zero attached hydrogens (tertiary/aromatic N) is 4. The molecule has 15 heteroatoms. The zero-order valence-electron chi connectivity index (χ0n) is 18.1. The van der Waals surface area contributed by atoms with Crippen LogP contribution in [0.1, 0.15) is 0 Å².